The van der Waals surface area contributed by atoms with Gasteiger partial charge in [0.05, 0.1) is 6.20 Å². The van der Waals surface area contributed by atoms with Crippen LogP contribution in [0.3, 0.4) is 0 Å². The predicted molar refractivity (Wildman–Crippen MR) is 72.4 cm³/mol. The van der Waals surface area contributed by atoms with Crippen LogP contribution >= 0.6 is 0 Å². The minimum Gasteiger partial charge on any atom is -0.478 e. The van der Waals surface area contributed by atoms with Crippen molar-refractivity contribution in [3.05, 3.63) is 59.0 Å². The first-order valence-electron chi connectivity index (χ1n) is 6.35. The van der Waals surface area contributed by atoms with Crippen LogP contribution in [0, 0.1) is 5.82 Å². The number of hydrogen-bond donors (Lipinski definition) is 2. The number of benzene rings is 1. The molecule has 5 heteroatoms. The Morgan fingerprint density at radius 1 is 1.30 bits per heavy atom. The molecule has 1 aromatic heterocycles. The van der Waals surface area contributed by atoms with E-state index in [9.17, 15) is 9.18 Å². The van der Waals surface area contributed by atoms with Gasteiger partial charge in [0.1, 0.15) is 17.2 Å². The normalized spacial score (nSPS) is 14.1. The van der Waals surface area contributed by atoms with Gasteiger partial charge in [-0.25, -0.2) is 14.2 Å². The van der Waals surface area contributed by atoms with E-state index in [0.29, 0.717) is 0 Å². The molecule has 4 nitrogen and oxygen atoms in total. The SMILES string of the molecule is O=C(O)c1cc(F)cnc1NC1Cc2ccccc2C1. The van der Waals surface area contributed by atoms with Crippen LogP contribution in [0.1, 0.15) is 21.5 Å². The molecule has 2 aromatic rings. The molecule has 3 rings (SSSR count). The molecule has 0 radical (unpaired) electrons. The first-order chi connectivity index (χ1) is 9.63. The maximum absolute atomic E-state index is 13.1. The Morgan fingerprint density at radius 2 is 1.95 bits per heavy atom. The summed E-state index contributed by atoms with van der Waals surface area (Å²) >= 11 is 0. The fourth-order valence-corrected chi connectivity index (χ4v) is 2.57. The zero-order valence-electron chi connectivity index (χ0n) is 10.6. The van der Waals surface area contributed by atoms with Crippen LogP contribution in [0.2, 0.25) is 0 Å². The smallest absolute Gasteiger partial charge is 0.339 e. The van der Waals surface area contributed by atoms with E-state index in [1.165, 1.54) is 11.1 Å². The second-order valence-corrected chi connectivity index (χ2v) is 4.87. The first kappa shape index (κ1) is 12.6. The number of rotatable bonds is 3. The molecule has 20 heavy (non-hydrogen) atoms. The van der Waals surface area contributed by atoms with Crippen LogP contribution in [-0.4, -0.2) is 22.1 Å². The highest BCUT2D eigenvalue weighted by Crippen LogP contribution is 2.25. The van der Waals surface area contributed by atoms with Crippen molar-refractivity contribution in [1.29, 1.82) is 0 Å². The van der Waals surface area contributed by atoms with Gasteiger partial charge >= 0.3 is 5.97 Å². The summed E-state index contributed by atoms with van der Waals surface area (Å²) in [5, 5.41) is 12.2. The number of fused-ring (bicyclic) bond motifs is 1. The molecule has 1 heterocycles. The third kappa shape index (κ3) is 2.34. The van der Waals surface area contributed by atoms with Crippen LogP contribution in [0.15, 0.2) is 36.5 Å². The maximum Gasteiger partial charge on any atom is 0.339 e. The number of carboxylic acid groups (broad SMARTS) is 1. The van der Waals surface area contributed by atoms with Gasteiger partial charge in [-0.15, -0.1) is 0 Å². The Balaban J connectivity index is 1.82. The van der Waals surface area contributed by atoms with E-state index in [0.717, 1.165) is 25.1 Å². The Hall–Kier alpha value is -2.43. The summed E-state index contributed by atoms with van der Waals surface area (Å²) in [7, 11) is 0. The number of halogens is 1. The summed E-state index contributed by atoms with van der Waals surface area (Å²) in [5.41, 5.74) is 2.37. The molecule has 1 aliphatic rings. The Labute approximate surface area is 115 Å². The topological polar surface area (TPSA) is 62.2 Å². The van der Waals surface area contributed by atoms with Crippen LogP contribution in [0.25, 0.3) is 0 Å². The predicted octanol–water partition coefficient (Wildman–Crippen LogP) is 2.50. The van der Waals surface area contributed by atoms with Crippen molar-refractivity contribution in [3.8, 4) is 0 Å². The molecule has 2 N–H and O–H groups in total. The first-order valence-corrected chi connectivity index (χ1v) is 6.35. The lowest BCUT2D eigenvalue weighted by atomic mass is 10.1. The van der Waals surface area contributed by atoms with Crippen LogP contribution < -0.4 is 5.32 Å². The van der Waals surface area contributed by atoms with Crippen molar-refractivity contribution in [3.63, 3.8) is 0 Å². The van der Waals surface area contributed by atoms with E-state index in [-0.39, 0.29) is 17.4 Å². The zero-order valence-corrected chi connectivity index (χ0v) is 10.6. The number of aromatic carboxylic acids is 1. The maximum atomic E-state index is 13.1. The number of hydrogen-bond acceptors (Lipinski definition) is 3. The van der Waals surface area contributed by atoms with Crippen molar-refractivity contribution >= 4 is 11.8 Å². The van der Waals surface area contributed by atoms with Crippen LogP contribution in [0.4, 0.5) is 10.2 Å². The van der Waals surface area contributed by atoms with Crippen molar-refractivity contribution < 1.29 is 14.3 Å². The Bertz CT molecular complexity index is 648. The van der Waals surface area contributed by atoms with Gasteiger partial charge in [0, 0.05) is 6.04 Å². The number of pyridine rings is 1. The van der Waals surface area contributed by atoms with Gasteiger partial charge in [-0.2, -0.15) is 0 Å². The molecule has 0 aliphatic heterocycles. The fraction of sp³-hybridized carbons (Fsp3) is 0.200. The second kappa shape index (κ2) is 4.92. The van der Waals surface area contributed by atoms with Gasteiger partial charge in [0.2, 0.25) is 0 Å². The van der Waals surface area contributed by atoms with E-state index in [1.807, 2.05) is 12.1 Å². The molecule has 0 saturated carbocycles. The standard InChI is InChI=1S/C15H13FN2O2/c16-11-7-13(15(19)20)14(17-8-11)18-12-5-9-3-1-2-4-10(9)6-12/h1-4,7-8,12H,5-6H2,(H,17,18)(H,19,20). The Morgan fingerprint density at radius 3 is 2.55 bits per heavy atom. The average molecular weight is 272 g/mol. The van der Waals surface area contributed by atoms with Crippen molar-refractivity contribution in [2.24, 2.45) is 0 Å². The lowest BCUT2D eigenvalue weighted by molar-refractivity contribution is 0.0697. The molecule has 1 aliphatic carbocycles. The molecule has 0 spiro atoms. The number of nitrogens with one attached hydrogen (secondary N) is 1. The molecular weight excluding hydrogens is 259 g/mol. The summed E-state index contributed by atoms with van der Waals surface area (Å²) in [6.07, 6.45) is 2.65. The number of aromatic nitrogens is 1. The summed E-state index contributed by atoms with van der Waals surface area (Å²) in [6, 6.07) is 9.17. The highest BCUT2D eigenvalue weighted by Gasteiger charge is 2.23. The number of carboxylic acids is 1. The van der Waals surface area contributed by atoms with Gasteiger partial charge in [0.25, 0.3) is 0 Å². The number of carbonyl (C=O) groups is 1. The molecule has 1 aromatic carbocycles. The zero-order chi connectivity index (χ0) is 14.1. The third-order valence-corrected chi connectivity index (χ3v) is 3.48. The fourth-order valence-electron chi connectivity index (χ4n) is 2.57. The van der Waals surface area contributed by atoms with Crippen molar-refractivity contribution in [2.75, 3.05) is 5.32 Å². The lowest BCUT2D eigenvalue weighted by Crippen LogP contribution is -2.22. The van der Waals surface area contributed by atoms with E-state index in [2.05, 4.69) is 22.4 Å². The van der Waals surface area contributed by atoms with E-state index in [4.69, 9.17) is 5.11 Å². The number of nitrogens with zero attached hydrogens (tertiary/aromatic N) is 1. The van der Waals surface area contributed by atoms with E-state index >= 15 is 0 Å². The highest BCUT2D eigenvalue weighted by molar-refractivity contribution is 5.93. The lowest BCUT2D eigenvalue weighted by Gasteiger charge is -2.14. The van der Waals surface area contributed by atoms with Crippen LogP contribution in [-0.2, 0) is 12.8 Å². The molecule has 0 fully saturated rings. The minimum absolute atomic E-state index is 0.0865. The summed E-state index contributed by atoms with van der Waals surface area (Å²) < 4.78 is 13.1. The summed E-state index contributed by atoms with van der Waals surface area (Å²) in [4.78, 5) is 15.0. The second-order valence-electron chi connectivity index (χ2n) is 4.87. The molecule has 102 valence electrons. The molecule has 0 unspecified atom stereocenters. The van der Waals surface area contributed by atoms with Gasteiger partial charge in [0.15, 0.2) is 0 Å². The van der Waals surface area contributed by atoms with Gasteiger partial charge in [-0.1, -0.05) is 24.3 Å². The quantitative estimate of drug-likeness (QED) is 0.901. The van der Waals surface area contributed by atoms with Gasteiger partial charge < -0.3 is 10.4 Å². The van der Waals surface area contributed by atoms with Gasteiger partial charge in [-0.05, 0) is 30.0 Å². The monoisotopic (exact) mass is 272 g/mol. The average Bonchev–Trinajstić information content (AvgIpc) is 2.82. The molecule has 0 saturated heterocycles. The Kier molecular flexibility index (Phi) is 3.10. The third-order valence-electron chi connectivity index (χ3n) is 3.48. The van der Waals surface area contributed by atoms with Crippen LogP contribution in [0.5, 0.6) is 0 Å². The van der Waals surface area contributed by atoms with Gasteiger partial charge in [-0.3, -0.25) is 0 Å². The molecule has 0 atom stereocenters. The van der Waals surface area contributed by atoms with Crippen molar-refractivity contribution in [2.45, 2.75) is 18.9 Å². The van der Waals surface area contributed by atoms with E-state index < -0.39 is 11.8 Å². The summed E-state index contributed by atoms with van der Waals surface area (Å²) in [6.45, 7) is 0. The minimum atomic E-state index is -1.19. The van der Waals surface area contributed by atoms with E-state index in [1.54, 1.807) is 0 Å². The summed E-state index contributed by atoms with van der Waals surface area (Å²) in [5.74, 6) is -1.62. The largest absolute Gasteiger partial charge is 0.478 e. The highest BCUT2D eigenvalue weighted by atomic mass is 19.1. The number of anilines is 1. The van der Waals surface area contributed by atoms with Crippen molar-refractivity contribution in [1.82, 2.24) is 4.98 Å². The molecular formula is C15H13FN2O2. The molecule has 0 bridgehead atoms. The molecule has 0 amide bonds.